The van der Waals surface area contributed by atoms with Gasteiger partial charge < -0.3 is 10.8 Å². The minimum absolute atomic E-state index is 0.562. The summed E-state index contributed by atoms with van der Waals surface area (Å²) in [6.07, 6.45) is 0. The molecule has 1 atom stereocenters. The lowest BCUT2D eigenvalue weighted by Crippen LogP contribution is -2.40. The van der Waals surface area contributed by atoms with Crippen molar-refractivity contribution in [1.82, 2.24) is 0 Å². The van der Waals surface area contributed by atoms with Crippen LogP contribution in [0.25, 0.3) is 0 Å². The van der Waals surface area contributed by atoms with E-state index in [1.54, 1.807) is 0 Å². The molecular formula is C21H21NO. The zero-order chi connectivity index (χ0) is 16.3. The normalized spacial score (nSPS) is 12.8. The molecule has 0 fully saturated rings. The molecule has 3 aromatic carbocycles. The fraction of sp³-hybridized carbons (Fsp3) is 0.143. The lowest BCUT2D eigenvalue weighted by molar-refractivity contribution is 0.0510. The smallest absolute Gasteiger partial charge is 0.134 e. The molecular weight excluding hydrogens is 282 g/mol. The Morgan fingerprint density at radius 3 is 1.65 bits per heavy atom. The third kappa shape index (κ3) is 2.79. The minimum Gasteiger partial charge on any atom is -0.378 e. The molecule has 3 rings (SSSR count). The van der Waals surface area contributed by atoms with Crippen molar-refractivity contribution < 1.29 is 5.11 Å². The van der Waals surface area contributed by atoms with Gasteiger partial charge in [0.1, 0.15) is 5.60 Å². The maximum atomic E-state index is 11.7. The fourth-order valence-electron chi connectivity index (χ4n) is 3.07. The first-order valence-corrected chi connectivity index (χ1v) is 7.78. The van der Waals surface area contributed by atoms with Crippen LogP contribution < -0.4 is 5.73 Å². The van der Waals surface area contributed by atoms with Crippen molar-refractivity contribution in [2.75, 3.05) is 0 Å². The highest BCUT2D eigenvalue weighted by Gasteiger charge is 2.39. The molecule has 2 heteroatoms. The van der Waals surface area contributed by atoms with Gasteiger partial charge in [-0.1, -0.05) is 84.9 Å². The van der Waals surface area contributed by atoms with E-state index in [0.29, 0.717) is 0 Å². The number of benzene rings is 3. The predicted molar refractivity (Wildman–Crippen MR) is 94.0 cm³/mol. The second-order valence-corrected chi connectivity index (χ2v) is 5.83. The van der Waals surface area contributed by atoms with Gasteiger partial charge in [-0.25, -0.2) is 0 Å². The van der Waals surface area contributed by atoms with Gasteiger partial charge in [-0.15, -0.1) is 0 Å². The van der Waals surface area contributed by atoms with Gasteiger partial charge in [0, 0.05) is 0 Å². The van der Waals surface area contributed by atoms with Gasteiger partial charge in [-0.3, -0.25) is 0 Å². The van der Waals surface area contributed by atoms with Gasteiger partial charge in [0.25, 0.3) is 0 Å². The summed E-state index contributed by atoms with van der Waals surface area (Å²) in [5, 5.41) is 11.7. The second-order valence-electron chi connectivity index (χ2n) is 5.83. The van der Waals surface area contributed by atoms with Crippen LogP contribution in [0.15, 0.2) is 84.9 Å². The molecule has 3 aromatic rings. The molecule has 0 aliphatic rings. The molecule has 2 nitrogen and oxygen atoms in total. The first-order chi connectivity index (χ1) is 11.1. The lowest BCUT2D eigenvalue weighted by atomic mass is 9.77. The highest BCUT2D eigenvalue weighted by molar-refractivity contribution is 5.42. The van der Waals surface area contributed by atoms with Gasteiger partial charge in [0.15, 0.2) is 0 Å². The first-order valence-electron chi connectivity index (χ1n) is 7.78. The first kappa shape index (κ1) is 15.5. The summed E-state index contributed by atoms with van der Waals surface area (Å²) >= 11 is 0. The van der Waals surface area contributed by atoms with E-state index in [0.717, 1.165) is 22.3 Å². The summed E-state index contributed by atoms with van der Waals surface area (Å²) < 4.78 is 0. The van der Waals surface area contributed by atoms with E-state index >= 15 is 0 Å². The Labute approximate surface area is 137 Å². The molecule has 0 spiro atoms. The van der Waals surface area contributed by atoms with E-state index in [9.17, 15) is 5.11 Å². The van der Waals surface area contributed by atoms with Crippen LogP contribution in [0.4, 0.5) is 0 Å². The summed E-state index contributed by atoms with van der Waals surface area (Å²) in [5.41, 5.74) is 8.91. The van der Waals surface area contributed by atoms with Crippen LogP contribution in [-0.2, 0) is 5.60 Å². The van der Waals surface area contributed by atoms with Crippen LogP contribution in [0.1, 0.15) is 28.3 Å². The lowest BCUT2D eigenvalue weighted by Gasteiger charge is -2.36. The van der Waals surface area contributed by atoms with Gasteiger partial charge in [-0.2, -0.15) is 0 Å². The van der Waals surface area contributed by atoms with Crippen molar-refractivity contribution in [3.63, 3.8) is 0 Å². The largest absolute Gasteiger partial charge is 0.378 e. The van der Waals surface area contributed by atoms with Crippen molar-refractivity contribution in [1.29, 1.82) is 0 Å². The quantitative estimate of drug-likeness (QED) is 0.767. The van der Waals surface area contributed by atoms with Gasteiger partial charge in [-0.05, 0) is 29.2 Å². The molecule has 3 N–H and O–H groups in total. The molecule has 0 saturated carbocycles. The standard InChI is InChI=1S/C21H21NO/c1-16-10-8-9-15-19(16)20(22)21(23,17-11-4-2-5-12-17)18-13-6-3-7-14-18/h2-15,20,23H,22H2,1H3/t20-/m1/s1. The summed E-state index contributed by atoms with van der Waals surface area (Å²) in [6, 6.07) is 26.6. The minimum atomic E-state index is -1.28. The number of hydrogen-bond donors (Lipinski definition) is 2. The highest BCUT2D eigenvalue weighted by atomic mass is 16.3. The van der Waals surface area contributed by atoms with Gasteiger partial charge >= 0.3 is 0 Å². The number of hydrogen-bond acceptors (Lipinski definition) is 2. The molecule has 0 heterocycles. The molecule has 0 bridgehead atoms. The van der Waals surface area contributed by atoms with Crippen LogP contribution in [0.5, 0.6) is 0 Å². The van der Waals surface area contributed by atoms with E-state index in [2.05, 4.69) is 0 Å². The second kappa shape index (κ2) is 6.37. The Morgan fingerprint density at radius 2 is 1.17 bits per heavy atom. The van der Waals surface area contributed by atoms with E-state index in [-0.39, 0.29) is 0 Å². The zero-order valence-corrected chi connectivity index (χ0v) is 13.2. The van der Waals surface area contributed by atoms with Crippen LogP contribution in [0.3, 0.4) is 0 Å². The highest BCUT2D eigenvalue weighted by Crippen LogP contribution is 2.40. The Bertz CT molecular complexity index is 729. The van der Waals surface area contributed by atoms with Crippen molar-refractivity contribution >= 4 is 0 Å². The molecule has 0 aromatic heterocycles. The molecule has 0 amide bonds. The van der Waals surface area contributed by atoms with Crippen LogP contribution in [-0.4, -0.2) is 5.11 Å². The Morgan fingerprint density at radius 1 is 0.739 bits per heavy atom. The average Bonchev–Trinajstić information content (AvgIpc) is 2.62. The van der Waals surface area contributed by atoms with Crippen molar-refractivity contribution in [3.05, 3.63) is 107 Å². The van der Waals surface area contributed by atoms with E-state index in [1.165, 1.54) is 0 Å². The topological polar surface area (TPSA) is 46.2 Å². The van der Waals surface area contributed by atoms with E-state index < -0.39 is 11.6 Å². The Balaban J connectivity index is 2.19. The molecule has 0 radical (unpaired) electrons. The number of rotatable bonds is 4. The van der Waals surface area contributed by atoms with Crippen molar-refractivity contribution in [2.45, 2.75) is 18.6 Å². The average molecular weight is 303 g/mol. The van der Waals surface area contributed by atoms with Crippen molar-refractivity contribution in [2.24, 2.45) is 5.73 Å². The fourth-order valence-corrected chi connectivity index (χ4v) is 3.07. The Hall–Kier alpha value is -2.42. The third-order valence-corrected chi connectivity index (χ3v) is 4.40. The van der Waals surface area contributed by atoms with Crippen LogP contribution in [0.2, 0.25) is 0 Å². The molecule has 116 valence electrons. The summed E-state index contributed by atoms with van der Waals surface area (Å²) in [4.78, 5) is 0. The molecule has 23 heavy (non-hydrogen) atoms. The van der Waals surface area contributed by atoms with E-state index in [4.69, 9.17) is 5.73 Å². The van der Waals surface area contributed by atoms with Gasteiger partial charge in [0.05, 0.1) is 6.04 Å². The van der Waals surface area contributed by atoms with Gasteiger partial charge in [0.2, 0.25) is 0 Å². The third-order valence-electron chi connectivity index (χ3n) is 4.40. The maximum absolute atomic E-state index is 11.7. The van der Waals surface area contributed by atoms with Crippen molar-refractivity contribution in [3.8, 4) is 0 Å². The number of aliphatic hydroxyl groups is 1. The monoisotopic (exact) mass is 303 g/mol. The number of nitrogens with two attached hydrogens (primary N) is 1. The zero-order valence-electron chi connectivity index (χ0n) is 13.2. The molecule has 0 aliphatic carbocycles. The Kier molecular flexibility index (Phi) is 4.28. The number of aryl methyl sites for hydroxylation is 1. The maximum Gasteiger partial charge on any atom is 0.134 e. The SMILES string of the molecule is Cc1ccccc1[C@@H](N)C(O)(c1ccccc1)c1ccccc1. The van der Waals surface area contributed by atoms with Crippen LogP contribution in [0, 0.1) is 6.92 Å². The molecule has 0 unspecified atom stereocenters. The molecule has 0 saturated heterocycles. The molecule has 0 aliphatic heterocycles. The summed E-state index contributed by atoms with van der Waals surface area (Å²) in [7, 11) is 0. The van der Waals surface area contributed by atoms with Crippen LogP contribution >= 0.6 is 0 Å². The predicted octanol–water partition coefficient (Wildman–Crippen LogP) is 3.93. The van der Waals surface area contributed by atoms with E-state index in [1.807, 2.05) is 91.9 Å². The summed E-state index contributed by atoms with van der Waals surface area (Å²) in [5.74, 6) is 0. The summed E-state index contributed by atoms with van der Waals surface area (Å²) in [6.45, 7) is 2.02.